The number of methoxy groups -OCH3 is 1. The summed E-state index contributed by atoms with van der Waals surface area (Å²) < 4.78 is 5.43. The Balaban J connectivity index is 1.97. The zero-order valence-corrected chi connectivity index (χ0v) is 8.31. The molecule has 3 atom stereocenters. The fourth-order valence-corrected chi connectivity index (χ4v) is 3.26. The molecule has 0 amide bonds. The first-order valence-corrected chi connectivity index (χ1v) is 5.27. The Labute approximate surface area is 75.5 Å². The predicted molar refractivity (Wildman–Crippen MR) is 50.1 cm³/mol. The molecule has 0 aromatic rings. The zero-order valence-electron chi connectivity index (χ0n) is 8.31. The van der Waals surface area contributed by atoms with E-state index in [9.17, 15) is 0 Å². The second-order valence-electron chi connectivity index (χ2n) is 4.95. The molecule has 2 aliphatic carbocycles. The van der Waals surface area contributed by atoms with Crippen LogP contribution >= 0.6 is 0 Å². The van der Waals surface area contributed by atoms with Gasteiger partial charge in [0.25, 0.3) is 0 Å². The molecule has 2 unspecified atom stereocenters. The van der Waals surface area contributed by atoms with E-state index in [-0.39, 0.29) is 0 Å². The Morgan fingerprint density at radius 3 is 2.42 bits per heavy atom. The fraction of sp³-hybridized carbons (Fsp3) is 1.00. The van der Waals surface area contributed by atoms with Crippen molar-refractivity contribution in [3.05, 3.63) is 0 Å². The van der Waals surface area contributed by atoms with E-state index < -0.39 is 0 Å². The van der Waals surface area contributed by atoms with Crippen molar-refractivity contribution in [2.75, 3.05) is 7.11 Å². The molecule has 0 N–H and O–H groups in total. The summed E-state index contributed by atoms with van der Waals surface area (Å²) in [6.07, 6.45) is 9.04. The Kier molecular flexibility index (Phi) is 2.16. The van der Waals surface area contributed by atoms with Crippen LogP contribution < -0.4 is 0 Å². The lowest BCUT2D eigenvalue weighted by molar-refractivity contribution is 0.0952. The van der Waals surface area contributed by atoms with Gasteiger partial charge in [0.15, 0.2) is 0 Å². The highest BCUT2D eigenvalue weighted by Gasteiger charge is 2.43. The van der Waals surface area contributed by atoms with Crippen molar-refractivity contribution in [3.8, 4) is 0 Å². The molecule has 1 nitrogen and oxygen atoms in total. The van der Waals surface area contributed by atoms with Crippen molar-refractivity contribution in [2.45, 2.75) is 51.6 Å². The van der Waals surface area contributed by atoms with Gasteiger partial charge in [-0.1, -0.05) is 13.3 Å². The maximum atomic E-state index is 5.43. The van der Waals surface area contributed by atoms with Crippen LogP contribution in [0.15, 0.2) is 0 Å². The molecular formula is C11H20O. The van der Waals surface area contributed by atoms with Crippen LogP contribution in [0, 0.1) is 11.3 Å². The van der Waals surface area contributed by atoms with Crippen LogP contribution in [0.3, 0.4) is 0 Å². The van der Waals surface area contributed by atoms with Crippen LogP contribution in [0.2, 0.25) is 0 Å². The van der Waals surface area contributed by atoms with Crippen molar-refractivity contribution in [3.63, 3.8) is 0 Å². The summed E-state index contributed by atoms with van der Waals surface area (Å²) in [6, 6.07) is 0. The lowest BCUT2D eigenvalue weighted by Crippen LogP contribution is -2.14. The molecule has 2 rings (SSSR count). The van der Waals surface area contributed by atoms with E-state index in [1.807, 2.05) is 7.11 Å². The van der Waals surface area contributed by atoms with E-state index in [2.05, 4.69) is 6.92 Å². The lowest BCUT2D eigenvalue weighted by Gasteiger charge is -2.22. The van der Waals surface area contributed by atoms with Crippen molar-refractivity contribution >= 4 is 0 Å². The molecule has 0 aromatic heterocycles. The van der Waals surface area contributed by atoms with Crippen LogP contribution in [-0.2, 0) is 4.74 Å². The quantitative estimate of drug-likeness (QED) is 0.585. The van der Waals surface area contributed by atoms with Gasteiger partial charge in [0.2, 0.25) is 0 Å². The van der Waals surface area contributed by atoms with Gasteiger partial charge < -0.3 is 4.74 Å². The Hall–Kier alpha value is -0.0400. The highest BCUT2D eigenvalue weighted by Crippen LogP contribution is 2.52. The summed E-state index contributed by atoms with van der Waals surface area (Å²) in [4.78, 5) is 0. The van der Waals surface area contributed by atoms with E-state index in [0.29, 0.717) is 11.5 Å². The number of ether oxygens (including phenoxy) is 1. The van der Waals surface area contributed by atoms with E-state index in [1.54, 1.807) is 0 Å². The molecule has 0 heterocycles. The van der Waals surface area contributed by atoms with Gasteiger partial charge in [-0.15, -0.1) is 0 Å². The molecule has 0 bridgehead atoms. The molecule has 70 valence electrons. The van der Waals surface area contributed by atoms with E-state index in [4.69, 9.17) is 4.74 Å². The van der Waals surface area contributed by atoms with Crippen molar-refractivity contribution in [2.24, 2.45) is 11.3 Å². The molecular weight excluding hydrogens is 148 g/mol. The molecule has 0 radical (unpaired) electrons. The van der Waals surface area contributed by atoms with Crippen LogP contribution in [0.4, 0.5) is 0 Å². The van der Waals surface area contributed by atoms with Crippen molar-refractivity contribution < 1.29 is 4.74 Å². The highest BCUT2D eigenvalue weighted by atomic mass is 16.5. The molecule has 0 aliphatic heterocycles. The summed E-state index contributed by atoms with van der Waals surface area (Å²) >= 11 is 0. The van der Waals surface area contributed by atoms with Crippen molar-refractivity contribution in [1.82, 2.24) is 0 Å². The third-order valence-electron chi connectivity index (χ3n) is 3.94. The first-order valence-electron chi connectivity index (χ1n) is 5.27. The maximum absolute atomic E-state index is 5.43. The Morgan fingerprint density at radius 1 is 1.17 bits per heavy atom. The summed E-state index contributed by atoms with van der Waals surface area (Å²) in [5.74, 6) is 0.973. The molecule has 0 aromatic carbocycles. The minimum absolute atomic E-state index is 0.579. The normalized spacial score (nSPS) is 47.5. The summed E-state index contributed by atoms with van der Waals surface area (Å²) in [5, 5.41) is 0. The van der Waals surface area contributed by atoms with Gasteiger partial charge >= 0.3 is 0 Å². The number of hydrogen-bond donors (Lipinski definition) is 0. The van der Waals surface area contributed by atoms with Gasteiger partial charge in [-0.3, -0.25) is 0 Å². The average molecular weight is 168 g/mol. The zero-order chi connectivity index (χ0) is 8.60. The number of rotatable bonds is 1. The minimum atomic E-state index is 0.579. The smallest absolute Gasteiger partial charge is 0.0576 e. The van der Waals surface area contributed by atoms with E-state index in [1.165, 1.54) is 38.5 Å². The molecule has 2 saturated carbocycles. The third kappa shape index (κ3) is 1.39. The molecule has 2 aliphatic rings. The minimum Gasteiger partial charge on any atom is -0.381 e. The molecule has 12 heavy (non-hydrogen) atoms. The Morgan fingerprint density at radius 2 is 1.92 bits per heavy atom. The monoisotopic (exact) mass is 168 g/mol. The fourth-order valence-electron chi connectivity index (χ4n) is 3.26. The predicted octanol–water partition coefficient (Wildman–Crippen LogP) is 2.99. The van der Waals surface area contributed by atoms with E-state index in [0.717, 1.165) is 5.92 Å². The summed E-state index contributed by atoms with van der Waals surface area (Å²) in [5.41, 5.74) is 0.708. The topological polar surface area (TPSA) is 9.23 Å². The van der Waals surface area contributed by atoms with Crippen molar-refractivity contribution in [1.29, 1.82) is 0 Å². The second kappa shape index (κ2) is 3.02. The number of hydrogen-bond acceptors (Lipinski definition) is 1. The average Bonchev–Trinajstić information content (AvgIpc) is 2.61. The maximum Gasteiger partial charge on any atom is 0.0576 e. The van der Waals surface area contributed by atoms with E-state index >= 15 is 0 Å². The molecule has 1 spiro atoms. The second-order valence-corrected chi connectivity index (χ2v) is 4.95. The molecule has 0 saturated heterocycles. The van der Waals surface area contributed by atoms with Crippen LogP contribution in [0.25, 0.3) is 0 Å². The van der Waals surface area contributed by atoms with Gasteiger partial charge in [-0.05, 0) is 43.4 Å². The highest BCUT2D eigenvalue weighted by molar-refractivity contribution is 4.94. The van der Waals surface area contributed by atoms with Crippen LogP contribution in [-0.4, -0.2) is 13.2 Å². The van der Waals surface area contributed by atoms with Crippen LogP contribution in [0.1, 0.15) is 45.4 Å². The van der Waals surface area contributed by atoms with Gasteiger partial charge in [0.05, 0.1) is 6.10 Å². The molecule has 1 heteroatoms. The summed E-state index contributed by atoms with van der Waals surface area (Å²) in [6.45, 7) is 2.40. The summed E-state index contributed by atoms with van der Waals surface area (Å²) in [7, 11) is 1.86. The third-order valence-corrected chi connectivity index (χ3v) is 3.94. The standard InChI is InChI=1S/C11H20O/c1-9-3-5-11(7-9)6-4-10(8-11)12-2/h9-10H,3-8H2,1-2H3/t9-,10?,11?/m1/s1. The lowest BCUT2D eigenvalue weighted by atomic mass is 9.84. The van der Waals surface area contributed by atoms with Gasteiger partial charge in [-0.25, -0.2) is 0 Å². The SMILES string of the molecule is COC1CCC2(CC[C@@H](C)C2)C1. The van der Waals surface area contributed by atoms with Crippen LogP contribution in [0.5, 0.6) is 0 Å². The van der Waals surface area contributed by atoms with Gasteiger partial charge in [0.1, 0.15) is 0 Å². The molecule has 2 fully saturated rings. The first kappa shape index (κ1) is 8.55. The Bertz CT molecular complexity index is 166. The van der Waals surface area contributed by atoms with Gasteiger partial charge in [-0.2, -0.15) is 0 Å². The van der Waals surface area contributed by atoms with Gasteiger partial charge in [0, 0.05) is 7.11 Å². The largest absolute Gasteiger partial charge is 0.381 e. The first-order chi connectivity index (χ1) is 5.74.